The molecular weight excluding hydrogens is 340 g/mol. The molecule has 5 heteroatoms. The summed E-state index contributed by atoms with van der Waals surface area (Å²) in [6, 6.07) is 15.2. The number of ether oxygens (including phenoxy) is 2. The molecule has 5 nitrogen and oxygen atoms in total. The Morgan fingerprint density at radius 3 is 2.89 bits per heavy atom. The molecule has 0 N–H and O–H groups in total. The Kier molecular flexibility index (Phi) is 4.49. The first-order valence-corrected chi connectivity index (χ1v) is 9.25. The maximum atomic E-state index is 13.0. The fourth-order valence-electron chi connectivity index (χ4n) is 4.11. The quantitative estimate of drug-likeness (QED) is 0.834. The highest BCUT2D eigenvalue weighted by Gasteiger charge is 2.34. The SMILES string of the molecule is CC1(Cc2ccc3c(c2)OCO3)CCCN(C(=O)c2ccccc2C#N)C1. The molecule has 0 aromatic heterocycles. The van der Waals surface area contributed by atoms with Crippen LogP contribution < -0.4 is 9.47 Å². The van der Waals surface area contributed by atoms with E-state index in [1.165, 1.54) is 5.56 Å². The van der Waals surface area contributed by atoms with Crippen LogP contribution in [0.4, 0.5) is 0 Å². The number of carbonyl (C=O) groups is 1. The summed E-state index contributed by atoms with van der Waals surface area (Å²) < 4.78 is 10.9. The van der Waals surface area contributed by atoms with E-state index in [4.69, 9.17) is 9.47 Å². The molecule has 1 unspecified atom stereocenters. The fourth-order valence-corrected chi connectivity index (χ4v) is 4.11. The highest BCUT2D eigenvalue weighted by Crippen LogP contribution is 2.38. The average molecular weight is 362 g/mol. The van der Waals surface area contributed by atoms with Crippen LogP contribution in [0.5, 0.6) is 11.5 Å². The number of nitrogens with zero attached hydrogens (tertiary/aromatic N) is 2. The Bertz CT molecular complexity index is 918. The number of fused-ring (bicyclic) bond motifs is 1. The Morgan fingerprint density at radius 1 is 1.22 bits per heavy atom. The van der Waals surface area contributed by atoms with Gasteiger partial charge in [0.15, 0.2) is 11.5 Å². The van der Waals surface area contributed by atoms with Crippen molar-refractivity contribution in [3.05, 3.63) is 59.2 Å². The maximum Gasteiger partial charge on any atom is 0.255 e. The van der Waals surface area contributed by atoms with Crippen LogP contribution in [0, 0.1) is 16.7 Å². The van der Waals surface area contributed by atoms with Gasteiger partial charge in [-0.05, 0) is 54.5 Å². The monoisotopic (exact) mass is 362 g/mol. The Labute approximate surface area is 159 Å². The summed E-state index contributed by atoms with van der Waals surface area (Å²) in [4.78, 5) is 14.9. The van der Waals surface area contributed by atoms with Crippen molar-refractivity contribution in [3.63, 3.8) is 0 Å². The minimum atomic E-state index is -0.0521. The number of carbonyl (C=O) groups excluding carboxylic acids is 1. The number of amides is 1. The Morgan fingerprint density at radius 2 is 2.04 bits per heavy atom. The van der Waals surface area contributed by atoms with E-state index in [1.807, 2.05) is 23.1 Å². The van der Waals surface area contributed by atoms with Gasteiger partial charge in [0, 0.05) is 13.1 Å². The van der Waals surface area contributed by atoms with Crippen LogP contribution >= 0.6 is 0 Å². The lowest BCUT2D eigenvalue weighted by Crippen LogP contribution is -2.46. The molecule has 1 atom stereocenters. The first-order chi connectivity index (χ1) is 13.1. The molecule has 0 aliphatic carbocycles. The number of benzene rings is 2. The predicted molar refractivity (Wildman–Crippen MR) is 101 cm³/mol. The average Bonchev–Trinajstić information content (AvgIpc) is 3.15. The Balaban J connectivity index is 1.51. The molecule has 4 rings (SSSR count). The van der Waals surface area contributed by atoms with Crippen LogP contribution in [-0.2, 0) is 6.42 Å². The van der Waals surface area contributed by atoms with Gasteiger partial charge in [0.05, 0.1) is 17.2 Å². The van der Waals surface area contributed by atoms with E-state index in [0.717, 1.165) is 37.3 Å². The largest absolute Gasteiger partial charge is 0.454 e. The summed E-state index contributed by atoms with van der Waals surface area (Å²) in [5.41, 5.74) is 2.11. The number of likely N-dealkylation sites (tertiary alicyclic amines) is 1. The van der Waals surface area contributed by atoms with Crippen molar-refractivity contribution in [2.24, 2.45) is 5.41 Å². The summed E-state index contributed by atoms with van der Waals surface area (Å²) in [5, 5.41) is 9.30. The van der Waals surface area contributed by atoms with Crippen LogP contribution in [0.3, 0.4) is 0 Å². The maximum absolute atomic E-state index is 13.0. The van der Waals surface area contributed by atoms with Crippen LogP contribution in [0.15, 0.2) is 42.5 Å². The van der Waals surface area contributed by atoms with E-state index in [9.17, 15) is 10.1 Å². The van der Waals surface area contributed by atoms with Crippen molar-refractivity contribution in [3.8, 4) is 17.6 Å². The second-order valence-electron chi connectivity index (χ2n) is 7.66. The number of hydrogen-bond donors (Lipinski definition) is 0. The molecule has 2 aromatic carbocycles. The lowest BCUT2D eigenvalue weighted by atomic mass is 9.76. The van der Waals surface area contributed by atoms with Gasteiger partial charge in [-0.15, -0.1) is 0 Å². The van der Waals surface area contributed by atoms with E-state index < -0.39 is 0 Å². The van der Waals surface area contributed by atoms with Gasteiger partial charge < -0.3 is 14.4 Å². The van der Waals surface area contributed by atoms with E-state index in [2.05, 4.69) is 19.1 Å². The zero-order chi connectivity index (χ0) is 18.9. The number of hydrogen-bond acceptors (Lipinski definition) is 4. The lowest BCUT2D eigenvalue weighted by Gasteiger charge is -2.41. The van der Waals surface area contributed by atoms with Gasteiger partial charge in [0.1, 0.15) is 0 Å². The third-order valence-corrected chi connectivity index (χ3v) is 5.41. The van der Waals surface area contributed by atoms with Crippen molar-refractivity contribution in [1.29, 1.82) is 5.26 Å². The van der Waals surface area contributed by atoms with E-state index in [-0.39, 0.29) is 18.1 Å². The van der Waals surface area contributed by atoms with Crippen molar-refractivity contribution >= 4 is 5.91 Å². The van der Waals surface area contributed by atoms with Gasteiger partial charge in [-0.1, -0.05) is 25.1 Å². The van der Waals surface area contributed by atoms with Gasteiger partial charge in [-0.3, -0.25) is 4.79 Å². The van der Waals surface area contributed by atoms with Crippen molar-refractivity contribution in [1.82, 2.24) is 4.90 Å². The molecule has 27 heavy (non-hydrogen) atoms. The fraction of sp³-hybridized carbons (Fsp3) is 0.364. The van der Waals surface area contributed by atoms with Crippen molar-refractivity contribution in [2.75, 3.05) is 19.9 Å². The van der Waals surface area contributed by atoms with Crippen LogP contribution in [0.2, 0.25) is 0 Å². The topological polar surface area (TPSA) is 62.6 Å². The lowest BCUT2D eigenvalue weighted by molar-refractivity contribution is 0.0550. The van der Waals surface area contributed by atoms with Gasteiger partial charge in [-0.25, -0.2) is 0 Å². The smallest absolute Gasteiger partial charge is 0.255 e. The minimum absolute atomic E-state index is 0.0107. The molecule has 1 amide bonds. The molecule has 2 aliphatic rings. The van der Waals surface area contributed by atoms with E-state index in [1.54, 1.807) is 18.2 Å². The molecule has 0 spiro atoms. The van der Waals surface area contributed by atoms with Gasteiger partial charge in [-0.2, -0.15) is 5.26 Å². The molecule has 0 radical (unpaired) electrons. The van der Waals surface area contributed by atoms with Crippen LogP contribution in [0.1, 0.15) is 41.3 Å². The summed E-state index contributed by atoms with van der Waals surface area (Å²) in [6.07, 6.45) is 2.89. The third-order valence-electron chi connectivity index (χ3n) is 5.41. The third kappa shape index (κ3) is 3.48. The molecule has 0 bridgehead atoms. The highest BCUT2D eigenvalue weighted by atomic mass is 16.7. The summed E-state index contributed by atoms with van der Waals surface area (Å²) in [5.74, 6) is 1.53. The molecule has 0 saturated carbocycles. The van der Waals surface area contributed by atoms with Gasteiger partial charge >= 0.3 is 0 Å². The van der Waals surface area contributed by atoms with E-state index >= 15 is 0 Å². The second-order valence-corrected chi connectivity index (χ2v) is 7.66. The molecule has 1 saturated heterocycles. The standard InChI is InChI=1S/C22H22N2O3/c1-22(12-16-7-8-19-20(11-16)27-15-26-19)9-4-10-24(14-22)21(25)18-6-3-2-5-17(18)13-23/h2-3,5-8,11H,4,9-10,12,14-15H2,1H3. The van der Waals surface area contributed by atoms with Gasteiger partial charge in [0.25, 0.3) is 5.91 Å². The second kappa shape index (κ2) is 6.96. The number of rotatable bonds is 3. The van der Waals surface area contributed by atoms with Crippen molar-refractivity contribution < 1.29 is 14.3 Å². The molecule has 1 fully saturated rings. The molecule has 138 valence electrons. The predicted octanol–water partition coefficient (Wildman–Crippen LogP) is 3.77. The highest BCUT2D eigenvalue weighted by molar-refractivity contribution is 5.96. The number of nitriles is 1. The first-order valence-electron chi connectivity index (χ1n) is 9.25. The summed E-state index contributed by atoms with van der Waals surface area (Å²) in [6.45, 7) is 3.92. The molecule has 2 aliphatic heterocycles. The van der Waals surface area contributed by atoms with Crippen molar-refractivity contribution in [2.45, 2.75) is 26.2 Å². The number of piperidine rings is 1. The zero-order valence-electron chi connectivity index (χ0n) is 15.4. The molecule has 2 heterocycles. The van der Waals surface area contributed by atoms with Gasteiger partial charge in [0.2, 0.25) is 6.79 Å². The molecular formula is C22H22N2O3. The zero-order valence-corrected chi connectivity index (χ0v) is 15.4. The minimum Gasteiger partial charge on any atom is -0.454 e. The summed E-state index contributed by atoms with van der Waals surface area (Å²) in [7, 11) is 0. The first kappa shape index (κ1) is 17.4. The summed E-state index contributed by atoms with van der Waals surface area (Å²) >= 11 is 0. The Hall–Kier alpha value is -3.00. The van der Waals surface area contributed by atoms with Crippen LogP contribution in [-0.4, -0.2) is 30.7 Å². The normalized spacial score (nSPS) is 21.0. The van der Waals surface area contributed by atoms with Crippen LogP contribution in [0.25, 0.3) is 0 Å². The molecule has 2 aromatic rings. The van der Waals surface area contributed by atoms with E-state index in [0.29, 0.717) is 17.7 Å².